The van der Waals surface area contributed by atoms with E-state index >= 15 is 0 Å². The van der Waals surface area contributed by atoms with Gasteiger partial charge in [-0.15, -0.1) is 0 Å². The molecule has 2 rings (SSSR count). The topological polar surface area (TPSA) is 92.7 Å². The quantitative estimate of drug-likeness (QED) is 0.829. The van der Waals surface area contributed by atoms with Crippen LogP contribution in [-0.4, -0.2) is 32.6 Å². The Morgan fingerprint density at radius 2 is 2.14 bits per heavy atom. The monoisotopic (exact) mass is 333 g/mol. The lowest BCUT2D eigenvalue weighted by Crippen LogP contribution is -2.44. The highest BCUT2D eigenvalue weighted by Crippen LogP contribution is 2.32. The van der Waals surface area contributed by atoms with Crippen molar-refractivity contribution in [1.82, 2.24) is 4.72 Å². The predicted molar refractivity (Wildman–Crippen MR) is 77.1 cm³/mol. The van der Waals surface area contributed by atoms with E-state index in [9.17, 15) is 13.2 Å². The second-order valence-electron chi connectivity index (χ2n) is 5.05. The highest BCUT2D eigenvalue weighted by Gasteiger charge is 2.34. The van der Waals surface area contributed by atoms with Crippen LogP contribution in [-0.2, 0) is 14.8 Å². The molecule has 21 heavy (non-hydrogen) atoms. The molecule has 1 aromatic carbocycles. The van der Waals surface area contributed by atoms with Gasteiger partial charge >= 0.3 is 5.97 Å². The number of benzene rings is 1. The normalized spacial score (nSPS) is 21.6. The molecule has 6 nitrogen and oxygen atoms in total. The first-order chi connectivity index (χ1) is 9.81. The Bertz CT molecular complexity index is 640. The third kappa shape index (κ3) is 3.87. The van der Waals surface area contributed by atoms with Gasteiger partial charge in [0, 0.05) is 18.5 Å². The van der Waals surface area contributed by atoms with Crippen molar-refractivity contribution in [3.63, 3.8) is 0 Å². The second-order valence-corrected chi connectivity index (χ2v) is 7.14. The lowest BCUT2D eigenvalue weighted by molar-refractivity contribution is -0.138. The average Bonchev–Trinajstić information content (AvgIpc) is 2.34. The zero-order chi connectivity index (χ0) is 15.6. The maximum atomic E-state index is 12.2. The fraction of sp³-hybridized carbons (Fsp3) is 0.462. The van der Waals surface area contributed by atoms with Crippen molar-refractivity contribution < 1.29 is 23.1 Å². The molecular weight excluding hydrogens is 318 g/mol. The van der Waals surface area contributed by atoms with E-state index in [1.165, 1.54) is 25.3 Å². The molecular formula is C13H16ClNO5S. The maximum Gasteiger partial charge on any atom is 0.303 e. The van der Waals surface area contributed by atoms with Crippen LogP contribution in [0, 0.1) is 5.92 Å². The molecule has 1 fully saturated rings. The summed E-state index contributed by atoms with van der Waals surface area (Å²) in [7, 11) is -2.25. The number of sulfonamides is 1. The minimum absolute atomic E-state index is 0.00773. The summed E-state index contributed by atoms with van der Waals surface area (Å²) >= 11 is 5.96. The molecule has 2 N–H and O–H groups in total. The van der Waals surface area contributed by atoms with Crippen molar-refractivity contribution in [2.45, 2.75) is 30.2 Å². The van der Waals surface area contributed by atoms with Gasteiger partial charge in [-0.05, 0) is 30.9 Å². The minimum atomic E-state index is -3.71. The molecule has 1 saturated carbocycles. The average molecular weight is 334 g/mol. The van der Waals surface area contributed by atoms with Crippen molar-refractivity contribution in [2.24, 2.45) is 5.92 Å². The molecule has 0 aromatic heterocycles. The van der Waals surface area contributed by atoms with E-state index in [2.05, 4.69) is 4.72 Å². The number of hydrogen-bond donors (Lipinski definition) is 2. The van der Waals surface area contributed by atoms with Gasteiger partial charge in [0.1, 0.15) is 10.6 Å². The van der Waals surface area contributed by atoms with E-state index in [4.69, 9.17) is 21.4 Å². The molecule has 0 amide bonds. The second kappa shape index (κ2) is 6.21. The van der Waals surface area contributed by atoms with Crippen LogP contribution in [0.25, 0.3) is 0 Å². The molecule has 116 valence electrons. The number of carboxylic acids is 1. The van der Waals surface area contributed by atoms with E-state index in [0.717, 1.165) is 0 Å². The zero-order valence-corrected chi connectivity index (χ0v) is 12.9. The van der Waals surface area contributed by atoms with Crippen LogP contribution < -0.4 is 9.46 Å². The van der Waals surface area contributed by atoms with E-state index in [0.29, 0.717) is 18.6 Å². The molecule has 0 atom stereocenters. The van der Waals surface area contributed by atoms with Gasteiger partial charge in [-0.3, -0.25) is 4.79 Å². The largest absolute Gasteiger partial charge is 0.497 e. The number of nitrogens with one attached hydrogen (secondary N) is 1. The van der Waals surface area contributed by atoms with E-state index in [-0.39, 0.29) is 28.3 Å². The van der Waals surface area contributed by atoms with Crippen molar-refractivity contribution in [1.29, 1.82) is 0 Å². The van der Waals surface area contributed by atoms with Gasteiger partial charge in [0.25, 0.3) is 0 Å². The van der Waals surface area contributed by atoms with E-state index < -0.39 is 16.0 Å². The molecule has 0 bridgehead atoms. The highest BCUT2D eigenvalue weighted by atomic mass is 35.5. The number of methoxy groups -OCH3 is 1. The minimum Gasteiger partial charge on any atom is -0.497 e. The van der Waals surface area contributed by atoms with Crippen LogP contribution in [0.3, 0.4) is 0 Å². The molecule has 8 heteroatoms. The number of hydrogen-bond acceptors (Lipinski definition) is 4. The molecule has 0 heterocycles. The first-order valence-corrected chi connectivity index (χ1v) is 8.25. The van der Waals surface area contributed by atoms with Gasteiger partial charge in [-0.1, -0.05) is 11.6 Å². The van der Waals surface area contributed by atoms with Crippen molar-refractivity contribution in [3.8, 4) is 5.75 Å². The Labute approximate surface area is 128 Å². The highest BCUT2D eigenvalue weighted by molar-refractivity contribution is 7.89. The SMILES string of the molecule is COc1ccc(S(=O)(=O)NC2CC(CC(=O)O)C2)c(Cl)c1. The van der Waals surface area contributed by atoms with Crippen LogP contribution in [0.4, 0.5) is 0 Å². The maximum absolute atomic E-state index is 12.2. The Kier molecular flexibility index (Phi) is 4.75. The third-order valence-corrected chi connectivity index (χ3v) is 5.45. The summed E-state index contributed by atoms with van der Waals surface area (Å²) in [6, 6.07) is 4.10. The summed E-state index contributed by atoms with van der Waals surface area (Å²) in [5, 5.41) is 8.75. The first kappa shape index (κ1) is 16.1. The van der Waals surface area contributed by atoms with E-state index in [1.807, 2.05) is 0 Å². The number of carboxylic acid groups (broad SMARTS) is 1. The lowest BCUT2D eigenvalue weighted by atomic mass is 9.79. The zero-order valence-electron chi connectivity index (χ0n) is 11.4. The number of aliphatic carboxylic acids is 1. The molecule has 0 aliphatic heterocycles. The predicted octanol–water partition coefficient (Wildman–Crippen LogP) is 1.88. The lowest BCUT2D eigenvalue weighted by Gasteiger charge is -2.34. The van der Waals surface area contributed by atoms with Crippen LogP contribution in [0.2, 0.25) is 5.02 Å². The molecule has 0 unspecified atom stereocenters. The van der Waals surface area contributed by atoms with Crippen LogP contribution >= 0.6 is 11.6 Å². The fourth-order valence-electron chi connectivity index (χ4n) is 2.35. The van der Waals surface area contributed by atoms with Crippen LogP contribution in [0.5, 0.6) is 5.75 Å². The molecule has 1 aliphatic carbocycles. The van der Waals surface area contributed by atoms with Gasteiger partial charge in [0.05, 0.1) is 12.1 Å². The Hall–Kier alpha value is -1.31. The summed E-state index contributed by atoms with van der Waals surface area (Å²) in [4.78, 5) is 10.5. The van der Waals surface area contributed by atoms with Crippen molar-refractivity contribution in [3.05, 3.63) is 23.2 Å². The number of rotatable bonds is 6. The summed E-state index contributed by atoms with van der Waals surface area (Å²) in [5.74, 6) is -0.356. The van der Waals surface area contributed by atoms with Crippen molar-refractivity contribution in [2.75, 3.05) is 7.11 Å². The number of ether oxygens (including phenoxy) is 1. The van der Waals surface area contributed by atoms with Gasteiger partial charge in [0.15, 0.2) is 0 Å². The van der Waals surface area contributed by atoms with Crippen LogP contribution in [0.15, 0.2) is 23.1 Å². The molecule has 1 aliphatic rings. The smallest absolute Gasteiger partial charge is 0.303 e. The molecule has 1 aromatic rings. The number of halogens is 1. The van der Waals surface area contributed by atoms with Gasteiger partial charge < -0.3 is 9.84 Å². The standard InChI is InChI=1S/C13H16ClNO5S/c1-20-10-2-3-12(11(14)7-10)21(18,19)15-9-4-8(5-9)6-13(16)17/h2-3,7-9,15H,4-6H2,1H3,(H,16,17). The van der Waals surface area contributed by atoms with Gasteiger partial charge in [-0.2, -0.15) is 0 Å². The fourth-order valence-corrected chi connectivity index (χ4v) is 4.15. The van der Waals surface area contributed by atoms with Gasteiger partial charge in [0.2, 0.25) is 10.0 Å². The Morgan fingerprint density at radius 1 is 1.48 bits per heavy atom. The summed E-state index contributed by atoms with van der Waals surface area (Å²) < 4.78 is 32.0. The Balaban J connectivity index is 2.02. The molecule has 0 radical (unpaired) electrons. The Morgan fingerprint density at radius 3 is 2.67 bits per heavy atom. The number of carbonyl (C=O) groups is 1. The molecule has 0 saturated heterocycles. The molecule has 0 spiro atoms. The summed E-state index contributed by atoms with van der Waals surface area (Å²) in [6.07, 6.45) is 1.13. The summed E-state index contributed by atoms with van der Waals surface area (Å²) in [5.41, 5.74) is 0. The summed E-state index contributed by atoms with van der Waals surface area (Å²) in [6.45, 7) is 0. The van der Waals surface area contributed by atoms with Crippen LogP contribution in [0.1, 0.15) is 19.3 Å². The first-order valence-electron chi connectivity index (χ1n) is 6.39. The van der Waals surface area contributed by atoms with Gasteiger partial charge in [-0.25, -0.2) is 13.1 Å². The van der Waals surface area contributed by atoms with Crippen molar-refractivity contribution >= 4 is 27.6 Å². The third-order valence-electron chi connectivity index (χ3n) is 3.45. The van der Waals surface area contributed by atoms with E-state index in [1.54, 1.807) is 0 Å².